The molecule has 0 radical (unpaired) electrons. The SMILES string of the molecule is COC(=O)C1CC2CCCCC2N1S(=O)(=O)c1ccc2c(c1)OCCO2. The predicted octanol–water partition coefficient (Wildman–Crippen LogP) is 1.95. The normalized spacial score (nSPS) is 28.4. The van der Waals surface area contributed by atoms with Gasteiger partial charge in [0.25, 0.3) is 0 Å². The monoisotopic (exact) mass is 381 g/mol. The molecule has 26 heavy (non-hydrogen) atoms. The van der Waals surface area contributed by atoms with Crippen molar-refractivity contribution in [2.75, 3.05) is 20.3 Å². The van der Waals surface area contributed by atoms with Crippen molar-refractivity contribution in [3.8, 4) is 11.5 Å². The Hall–Kier alpha value is -1.80. The van der Waals surface area contributed by atoms with Gasteiger partial charge in [-0.1, -0.05) is 12.8 Å². The van der Waals surface area contributed by atoms with Crippen molar-refractivity contribution in [3.05, 3.63) is 18.2 Å². The summed E-state index contributed by atoms with van der Waals surface area (Å²) in [7, 11) is -2.55. The van der Waals surface area contributed by atoms with Gasteiger partial charge in [0.1, 0.15) is 19.3 Å². The zero-order chi connectivity index (χ0) is 18.3. The van der Waals surface area contributed by atoms with E-state index in [0.717, 1.165) is 25.7 Å². The van der Waals surface area contributed by atoms with E-state index < -0.39 is 22.0 Å². The summed E-state index contributed by atoms with van der Waals surface area (Å²) in [5.74, 6) is 0.684. The molecule has 7 nitrogen and oxygen atoms in total. The molecule has 0 bridgehead atoms. The second-order valence-corrected chi connectivity index (χ2v) is 8.87. The summed E-state index contributed by atoms with van der Waals surface area (Å²) in [4.78, 5) is 12.4. The lowest BCUT2D eigenvalue weighted by Gasteiger charge is -2.32. The number of sulfonamides is 1. The largest absolute Gasteiger partial charge is 0.486 e. The molecule has 1 saturated heterocycles. The molecule has 1 aromatic rings. The second kappa shape index (κ2) is 6.74. The van der Waals surface area contributed by atoms with Crippen LogP contribution >= 0.6 is 0 Å². The van der Waals surface area contributed by atoms with Gasteiger partial charge in [-0.15, -0.1) is 0 Å². The molecule has 2 heterocycles. The van der Waals surface area contributed by atoms with Crippen molar-refractivity contribution >= 4 is 16.0 Å². The number of ether oxygens (including phenoxy) is 3. The molecule has 1 aliphatic carbocycles. The van der Waals surface area contributed by atoms with E-state index in [0.29, 0.717) is 31.1 Å². The highest BCUT2D eigenvalue weighted by atomic mass is 32.2. The minimum Gasteiger partial charge on any atom is -0.486 e. The lowest BCUT2D eigenvalue weighted by molar-refractivity contribution is -0.144. The quantitative estimate of drug-likeness (QED) is 0.745. The third-order valence-corrected chi connectivity index (χ3v) is 7.52. The highest BCUT2D eigenvalue weighted by Gasteiger charge is 2.51. The van der Waals surface area contributed by atoms with Crippen LogP contribution in [0, 0.1) is 5.92 Å². The van der Waals surface area contributed by atoms with Gasteiger partial charge < -0.3 is 14.2 Å². The smallest absolute Gasteiger partial charge is 0.324 e. The van der Waals surface area contributed by atoms with Gasteiger partial charge in [-0.2, -0.15) is 4.31 Å². The molecule has 0 spiro atoms. The van der Waals surface area contributed by atoms with Gasteiger partial charge in [-0.3, -0.25) is 4.79 Å². The average Bonchev–Trinajstić information content (AvgIpc) is 3.07. The third kappa shape index (κ3) is 2.85. The van der Waals surface area contributed by atoms with Gasteiger partial charge in [0.15, 0.2) is 11.5 Å². The minimum atomic E-state index is -3.85. The van der Waals surface area contributed by atoms with Crippen LogP contribution in [0.25, 0.3) is 0 Å². The first-order chi connectivity index (χ1) is 12.5. The third-order valence-electron chi connectivity index (χ3n) is 5.59. The van der Waals surface area contributed by atoms with Crippen molar-refractivity contribution in [2.24, 2.45) is 5.92 Å². The van der Waals surface area contributed by atoms with E-state index in [9.17, 15) is 13.2 Å². The fourth-order valence-electron chi connectivity index (χ4n) is 4.41. The molecule has 4 rings (SSSR count). The molecule has 3 aliphatic rings. The Bertz CT molecular complexity index is 808. The van der Waals surface area contributed by atoms with Crippen LogP contribution in [0.3, 0.4) is 0 Å². The summed E-state index contributed by atoms with van der Waals surface area (Å²) in [5, 5.41) is 0. The van der Waals surface area contributed by atoms with Crippen molar-refractivity contribution in [3.63, 3.8) is 0 Å². The molecular weight excluding hydrogens is 358 g/mol. The maximum atomic E-state index is 13.4. The van der Waals surface area contributed by atoms with E-state index in [1.807, 2.05) is 0 Å². The van der Waals surface area contributed by atoms with Crippen molar-refractivity contribution in [2.45, 2.75) is 49.1 Å². The molecule has 1 saturated carbocycles. The molecule has 2 fully saturated rings. The van der Waals surface area contributed by atoms with E-state index in [-0.39, 0.29) is 16.9 Å². The first kappa shape index (κ1) is 17.6. The van der Waals surface area contributed by atoms with Gasteiger partial charge in [-0.05, 0) is 37.3 Å². The van der Waals surface area contributed by atoms with Crippen LogP contribution in [0.15, 0.2) is 23.1 Å². The van der Waals surface area contributed by atoms with E-state index in [4.69, 9.17) is 14.2 Å². The van der Waals surface area contributed by atoms with Crippen molar-refractivity contribution in [1.29, 1.82) is 0 Å². The van der Waals surface area contributed by atoms with Crippen LogP contribution in [0.2, 0.25) is 0 Å². The standard InChI is InChI=1S/C18H23NO6S/c1-23-18(20)15-10-12-4-2-3-5-14(12)19(15)26(21,22)13-6-7-16-17(11-13)25-9-8-24-16/h6-7,11-12,14-15H,2-5,8-10H2,1H3. The van der Waals surface area contributed by atoms with Gasteiger partial charge in [-0.25, -0.2) is 8.42 Å². The average molecular weight is 381 g/mol. The molecule has 0 amide bonds. The minimum absolute atomic E-state index is 0.127. The number of hydrogen-bond acceptors (Lipinski definition) is 6. The highest BCUT2D eigenvalue weighted by Crippen LogP contribution is 2.44. The molecule has 3 unspecified atom stereocenters. The summed E-state index contributed by atoms with van der Waals surface area (Å²) in [5.41, 5.74) is 0. The van der Waals surface area contributed by atoms with E-state index in [1.165, 1.54) is 23.5 Å². The van der Waals surface area contributed by atoms with Crippen LogP contribution < -0.4 is 9.47 Å². The summed E-state index contributed by atoms with van der Waals surface area (Å²) in [6.07, 6.45) is 4.31. The summed E-state index contributed by atoms with van der Waals surface area (Å²) in [6, 6.07) is 3.72. The van der Waals surface area contributed by atoms with Crippen LogP contribution in [-0.4, -0.2) is 51.1 Å². The second-order valence-electron chi connectivity index (χ2n) is 7.03. The van der Waals surface area contributed by atoms with Crippen LogP contribution in [0.5, 0.6) is 11.5 Å². The topological polar surface area (TPSA) is 82.1 Å². The molecule has 1 aromatic carbocycles. The van der Waals surface area contributed by atoms with Crippen LogP contribution in [-0.2, 0) is 19.6 Å². The molecule has 2 aliphatic heterocycles. The number of fused-ring (bicyclic) bond motifs is 2. The maximum absolute atomic E-state index is 13.4. The number of methoxy groups -OCH3 is 1. The summed E-state index contributed by atoms with van der Waals surface area (Å²) < 4.78 is 44.2. The highest BCUT2D eigenvalue weighted by molar-refractivity contribution is 7.89. The van der Waals surface area contributed by atoms with Crippen LogP contribution in [0.4, 0.5) is 0 Å². The van der Waals surface area contributed by atoms with Crippen LogP contribution in [0.1, 0.15) is 32.1 Å². The Morgan fingerprint density at radius 3 is 2.65 bits per heavy atom. The zero-order valence-corrected chi connectivity index (χ0v) is 15.5. The number of benzene rings is 1. The number of hydrogen-bond donors (Lipinski definition) is 0. The Labute approximate surface area is 153 Å². The predicted molar refractivity (Wildman–Crippen MR) is 92.6 cm³/mol. The van der Waals surface area contributed by atoms with E-state index in [2.05, 4.69) is 0 Å². The van der Waals surface area contributed by atoms with Gasteiger partial charge >= 0.3 is 5.97 Å². The molecule has 142 valence electrons. The summed E-state index contributed by atoms with van der Waals surface area (Å²) >= 11 is 0. The van der Waals surface area contributed by atoms with E-state index >= 15 is 0 Å². The van der Waals surface area contributed by atoms with Crippen molar-refractivity contribution < 1.29 is 27.4 Å². The Balaban J connectivity index is 1.73. The summed E-state index contributed by atoms with van der Waals surface area (Å²) in [6.45, 7) is 0.828. The Morgan fingerprint density at radius 2 is 1.88 bits per heavy atom. The van der Waals surface area contributed by atoms with Gasteiger partial charge in [0.05, 0.1) is 12.0 Å². The molecule has 0 N–H and O–H groups in total. The first-order valence-electron chi connectivity index (χ1n) is 9.03. The van der Waals surface area contributed by atoms with Gasteiger partial charge in [0.2, 0.25) is 10.0 Å². The molecule has 0 aromatic heterocycles. The number of nitrogens with zero attached hydrogens (tertiary/aromatic N) is 1. The Morgan fingerprint density at radius 1 is 1.15 bits per heavy atom. The lowest BCUT2D eigenvalue weighted by atomic mass is 9.85. The number of carbonyl (C=O) groups is 1. The fraction of sp³-hybridized carbons (Fsp3) is 0.611. The zero-order valence-electron chi connectivity index (χ0n) is 14.7. The maximum Gasteiger partial charge on any atom is 0.324 e. The fourth-order valence-corrected chi connectivity index (χ4v) is 6.29. The number of rotatable bonds is 3. The first-order valence-corrected chi connectivity index (χ1v) is 10.5. The lowest BCUT2D eigenvalue weighted by Crippen LogP contribution is -2.46. The molecule has 3 atom stereocenters. The number of carbonyl (C=O) groups excluding carboxylic acids is 1. The Kier molecular flexibility index (Phi) is 4.56. The number of esters is 1. The van der Waals surface area contributed by atoms with E-state index in [1.54, 1.807) is 6.07 Å². The van der Waals surface area contributed by atoms with Crippen molar-refractivity contribution in [1.82, 2.24) is 4.31 Å². The molecular formula is C18H23NO6S. The van der Waals surface area contributed by atoms with Gasteiger partial charge in [0, 0.05) is 12.1 Å². The molecule has 8 heteroatoms.